The fourth-order valence-corrected chi connectivity index (χ4v) is 4.71. The van der Waals surface area contributed by atoms with E-state index in [2.05, 4.69) is 27.4 Å². The Hall–Kier alpha value is -0.590. The maximum absolute atomic E-state index is 11.3. The van der Waals surface area contributed by atoms with Crippen LogP contribution in [0.4, 0.5) is 0 Å². The zero-order chi connectivity index (χ0) is 14.2. The first kappa shape index (κ1) is 14.8. The number of hydrogen-bond acceptors (Lipinski definition) is 1. The molecule has 2 rings (SSSR count). The molecule has 2 aliphatic carbocycles. The highest BCUT2D eigenvalue weighted by Crippen LogP contribution is 2.56. The lowest BCUT2D eigenvalue weighted by Crippen LogP contribution is -2.45. The lowest BCUT2D eigenvalue weighted by atomic mass is 9.51. The van der Waals surface area contributed by atoms with Crippen LogP contribution in [0.1, 0.15) is 66.2 Å². The van der Waals surface area contributed by atoms with Crippen molar-refractivity contribution in [2.75, 3.05) is 0 Å². The van der Waals surface area contributed by atoms with E-state index < -0.39 is 0 Å². The van der Waals surface area contributed by atoms with E-state index in [9.17, 15) is 4.79 Å². The third-order valence-electron chi connectivity index (χ3n) is 5.94. The molecule has 0 spiro atoms. The van der Waals surface area contributed by atoms with E-state index in [0.29, 0.717) is 17.1 Å². The normalized spacial score (nSPS) is 37.8. The summed E-state index contributed by atoms with van der Waals surface area (Å²) in [4.78, 5) is 11.3. The van der Waals surface area contributed by atoms with Gasteiger partial charge in [-0.2, -0.15) is 0 Å². The Morgan fingerprint density at radius 3 is 2.68 bits per heavy atom. The Bertz CT molecular complexity index is 366. The van der Waals surface area contributed by atoms with Gasteiger partial charge in [-0.25, -0.2) is 0 Å². The minimum Gasteiger partial charge on any atom is -0.300 e. The average Bonchev–Trinajstić information content (AvgIpc) is 2.32. The molecule has 108 valence electrons. The first-order valence-electron chi connectivity index (χ1n) is 8.00. The number of hydrogen-bond donors (Lipinski definition) is 0. The third kappa shape index (κ3) is 2.95. The highest BCUT2D eigenvalue weighted by atomic mass is 16.1. The van der Waals surface area contributed by atoms with Gasteiger partial charge in [-0.05, 0) is 68.1 Å². The van der Waals surface area contributed by atoms with Crippen LogP contribution in [0.3, 0.4) is 0 Å². The number of ketones is 1. The van der Waals surface area contributed by atoms with Gasteiger partial charge < -0.3 is 4.79 Å². The van der Waals surface area contributed by atoms with Gasteiger partial charge in [0, 0.05) is 6.42 Å². The second-order valence-electron chi connectivity index (χ2n) is 7.73. The molecule has 2 fully saturated rings. The molecule has 1 unspecified atom stereocenters. The van der Waals surface area contributed by atoms with Crippen LogP contribution in [0.15, 0.2) is 12.2 Å². The van der Waals surface area contributed by atoms with Gasteiger partial charge in [0.05, 0.1) is 0 Å². The molecular weight excluding hydrogens is 232 g/mol. The molecule has 0 aromatic heterocycles. The quantitative estimate of drug-likeness (QED) is 0.653. The maximum Gasteiger partial charge on any atom is 0.129 e. The number of carbonyl (C=O) groups is 1. The summed E-state index contributed by atoms with van der Waals surface area (Å²) in [6.45, 7) is 13.4. The van der Waals surface area contributed by atoms with Crippen molar-refractivity contribution in [1.29, 1.82) is 0 Å². The fraction of sp³-hybridized carbons (Fsp3) is 0.833. The van der Waals surface area contributed by atoms with E-state index in [1.54, 1.807) is 6.92 Å². The van der Waals surface area contributed by atoms with Crippen molar-refractivity contribution in [3.05, 3.63) is 12.2 Å². The Labute approximate surface area is 118 Å². The first-order chi connectivity index (χ1) is 8.83. The summed E-state index contributed by atoms with van der Waals surface area (Å²) in [5.41, 5.74) is 1.90. The summed E-state index contributed by atoms with van der Waals surface area (Å²) >= 11 is 0. The van der Waals surface area contributed by atoms with E-state index in [-0.39, 0.29) is 0 Å². The standard InChI is InChI=1S/C18H30O/c1-12-6-9-16-17(15(12)8-7-14(3)19)13(2)10-11-18(16,4)5/h13,15-17H,1,6-11H2,2-5H3/t13?,15-,16+,17-/m1/s1. The second-order valence-corrected chi connectivity index (χ2v) is 7.73. The summed E-state index contributed by atoms with van der Waals surface area (Å²) in [5.74, 6) is 3.32. The van der Waals surface area contributed by atoms with Crippen LogP contribution in [-0.2, 0) is 4.79 Å². The third-order valence-corrected chi connectivity index (χ3v) is 5.94. The van der Waals surface area contributed by atoms with Crippen LogP contribution >= 0.6 is 0 Å². The van der Waals surface area contributed by atoms with Crippen molar-refractivity contribution in [3.63, 3.8) is 0 Å². The number of rotatable bonds is 3. The van der Waals surface area contributed by atoms with E-state index in [4.69, 9.17) is 0 Å². The Morgan fingerprint density at radius 2 is 2.05 bits per heavy atom. The predicted octanol–water partition coefficient (Wildman–Crippen LogP) is 5.01. The van der Waals surface area contributed by atoms with Crippen LogP contribution < -0.4 is 0 Å². The second kappa shape index (κ2) is 5.42. The molecule has 0 bridgehead atoms. The van der Waals surface area contributed by atoms with Crippen molar-refractivity contribution in [3.8, 4) is 0 Å². The number of Topliss-reactive ketones (excluding diaryl/α,β-unsaturated/α-hetero) is 1. The van der Waals surface area contributed by atoms with Crippen LogP contribution in [-0.4, -0.2) is 5.78 Å². The molecule has 0 N–H and O–H groups in total. The monoisotopic (exact) mass is 262 g/mol. The molecule has 4 atom stereocenters. The van der Waals surface area contributed by atoms with Gasteiger partial charge in [-0.1, -0.05) is 32.9 Å². The molecule has 0 aromatic carbocycles. The lowest BCUT2D eigenvalue weighted by Gasteiger charge is -2.53. The van der Waals surface area contributed by atoms with Crippen molar-refractivity contribution < 1.29 is 4.79 Å². The Kier molecular flexibility index (Phi) is 4.23. The van der Waals surface area contributed by atoms with Gasteiger partial charge in [-0.15, -0.1) is 0 Å². The minimum atomic E-state index is 0.331. The molecule has 0 heterocycles. The van der Waals surface area contributed by atoms with Gasteiger partial charge in [-0.3, -0.25) is 0 Å². The minimum absolute atomic E-state index is 0.331. The summed E-state index contributed by atoms with van der Waals surface area (Å²) in [5, 5.41) is 0. The molecule has 0 saturated heterocycles. The zero-order valence-electron chi connectivity index (χ0n) is 13.2. The van der Waals surface area contributed by atoms with Gasteiger partial charge in [0.15, 0.2) is 0 Å². The maximum atomic E-state index is 11.3. The van der Waals surface area contributed by atoms with Crippen LogP contribution in [0.25, 0.3) is 0 Å². The first-order valence-corrected chi connectivity index (χ1v) is 8.00. The molecule has 2 aliphatic rings. The van der Waals surface area contributed by atoms with E-state index >= 15 is 0 Å². The summed E-state index contributed by atoms with van der Waals surface area (Å²) in [6.07, 6.45) is 6.98. The van der Waals surface area contributed by atoms with Crippen LogP contribution in [0.2, 0.25) is 0 Å². The molecule has 0 amide bonds. The van der Waals surface area contributed by atoms with Crippen LogP contribution in [0.5, 0.6) is 0 Å². The van der Waals surface area contributed by atoms with E-state index in [0.717, 1.165) is 30.6 Å². The van der Waals surface area contributed by atoms with Crippen molar-refractivity contribution in [2.24, 2.45) is 29.1 Å². The largest absolute Gasteiger partial charge is 0.300 e. The molecular formula is C18H30O. The highest BCUT2D eigenvalue weighted by molar-refractivity contribution is 5.75. The molecule has 0 aromatic rings. The highest BCUT2D eigenvalue weighted by Gasteiger charge is 2.47. The summed E-state index contributed by atoms with van der Waals surface area (Å²) < 4.78 is 0. The van der Waals surface area contributed by atoms with Gasteiger partial charge >= 0.3 is 0 Å². The topological polar surface area (TPSA) is 17.1 Å². The van der Waals surface area contributed by atoms with E-state index in [1.807, 2.05) is 0 Å². The Balaban J connectivity index is 2.19. The molecule has 19 heavy (non-hydrogen) atoms. The zero-order valence-corrected chi connectivity index (χ0v) is 13.2. The van der Waals surface area contributed by atoms with Crippen LogP contribution in [0, 0.1) is 29.1 Å². The fourth-order valence-electron chi connectivity index (χ4n) is 4.71. The van der Waals surface area contributed by atoms with Crippen molar-refractivity contribution in [2.45, 2.75) is 66.2 Å². The number of carbonyl (C=O) groups excluding carboxylic acids is 1. The van der Waals surface area contributed by atoms with Crippen molar-refractivity contribution in [1.82, 2.24) is 0 Å². The number of fused-ring (bicyclic) bond motifs is 1. The molecule has 2 saturated carbocycles. The molecule has 0 aliphatic heterocycles. The molecule has 1 heteroatoms. The smallest absolute Gasteiger partial charge is 0.129 e. The number of allylic oxidation sites excluding steroid dienone is 1. The predicted molar refractivity (Wildman–Crippen MR) is 80.9 cm³/mol. The lowest BCUT2D eigenvalue weighted by molar-refractivity contribution is -0.117. The van der Waals surface area contributed by atoms with Gasteiger partial charge in [0.2, 0.25) is 0 Å². The SMILES string of the molecule is C=C1CC[C@H]2[C@H](C(C)CCC2(C)C)[C@@H]1CCC(C)=O. The Morgan fingerprint density at radius 1 is 1.37 bits per heavy atom. The summed E-state index contributed by atoms with van der Waals surface area (Å²) in [7, 11) is 0. The summed E-state index contributed by atoms with van der Waals surface area (Å²) in [6, 6.07) is 0. The molecule has 0 radical (unpaired) electrons. The van der Waals surface area contributed by atoms with E-state index in [1.165, 1.54) is 31.3 Å². The van der Waals surface area contributed by atoms with Gasteiger partial charge in [0.25, 0.3) is 0 Å². The molecule has 1 nitrogen and oxygen atoms in total. The average molecular weight is 262 g/mol. The van der Waals surface area contributed by atoms with Gasteiger partial charge in [0.1, 0.15) is 5.78 Å². The van der Waals surface area contributed by atoms with Crippen molar-refractivity contribution >= 4 is 5.78 Å².